The summed E-state index contributed by atoms with van der Waals surface area (Å²) in [6.45, 7) is 1.32. The third kappa shape index (κ3) is 5.82. The van der Waals surface area contributed by atoms with Crippen LogP contribution in [0.4, 0.5) is 4.39 Å². The molecule has 176 valence electrons. The van der Waals surface area contributed by atoms with Gasteiger partial charge in [-0.05, 0) is 79.1 Å². The zero-order valence-corrected chi connectivity index (χ0v) is 19.3. The van der Waals surface area contributed by atoms with Crippen LogP contribution in [0.25, 0.3) is 0 Å². The van der Waals surface area contributed by atoms with E-state index >= 15 is 0 Å². The summed E-state index contributed by atoms with van der Waals surface area (Å²) in [5.41, 5.74) is 1.53. The van der Waals surface area contributed by atoms with E-state index < -0.39 is 0 Å². The van der Waals surface area contributed by atoms with Crippen LogP contribution in [0.1, 0.15) is 34.3 Å². The average molecular weight is 482 g/mol. The van der Waals surface area contributed by atoms with Gasteiger partial charge < -0.3 is 14.8 Å². The lowest BCUT2D eigenvalue weighted by Crippen LogP contribution is -2.45. The molecule has 0 bridgehead atoms. The van der Waals surface area contributed by atoms with Gasteiger partial charge in [0.1, 0.15) is 11.6 Å². The van der Waals surface area contributed by atoms with Crippen molar-refractivity contribution in [2.75, 3.05) is 26.4 Å². The summed E-state index contributed by atoms with van der Waals surface area (Å²) in [5, 5.41) is 3.50. The highest BCUT2D eigenvalue weighted by Crippen LogP contribution is 2.34. The number of ketones is 1. The van der Waals surface area contributed by atoms with Gasteiger partial charge in [0.05, 0.1) is 0 Å². The molecule has 0 unspecified atom stereocenters. The first-order chi connectivity index (χ1) is 16.4. The Morgan fingerprint density at radius 3 is 2.26 bits per heavy atom. The highest BCUT2D eigenvalue weighted by Gasteiger charge is 2.35. The number of halogens is 2. The van der Waals surface area contributed by atoms with Crippen LogP contribution in [-0.2, 0) is 14.9 Å². The average Bonchev–Trinajstić information content (AvgIpc) is 2.87. The van der Waals surface area contributed by atoms with E-state index in [9.17, 15) is 14.0 Å². The van der Waals surface area contributed by atoms with E-state index in [4.69, 9.17) is 21.1 Å². The molecule has 0 aromatic heterocycles. The summed E-state index contributed by atoms with van der Waals surface area (Å²) >= 11 is 5.87. The Morgan fingerprint density at radius 1 is 0.971 bits per heavy atom. The van der Waals surface area contributed by atoms with Crippen LogP contribution in [0.5, 0.6) is 5.75 Å². The van der Waals surface area contributed by atoms with E-state index in [-0.39, 0.29) is 29.5 Å². The van der Waals surface area contributed by atoms with E-state index in [1.54, 1.807) is 54.6 Å². The van der Waals surface area contributed by atoms with Crippen LogP contribution < -0.4 is 10.1 Å². The largest absolute Gasteiger partial charge is 0.484 e. The van der Waals surface area contributed by atoms with E-state index in [2.05, 4.69) is 5.32 Å². The molecule has 1 aliphatic heterocycles. The molecule has 1 N–H and O–H groups in total. The van der Waals surface area contributed by atoms with Crippen LogP contribution in [0.15, 0.2) is 72.8 Å². The Morgan fingerprint density at radius 2 is 1.62 bits per heavy atom. The Kier molecular flexibility index (Phi) is 7.60. The molecule has 1 heterocycles. The van der Waals surface area contributed by atoms with Gasteiger partial charge in [0.25, 0.3) is 5.91 Å². The molecule has 3 aromatic rings. The van der Waals surface area contributed by atoms with Gasteiger partial charge in [-0.25, -0.2) is 4.39 Å². The minimum atomic E-state index is -0.375. The van der Waals surface area contributed by atoms with Gasteiger partial charge in [-0.3, -0.25) is 9.59 Å². The van der Waals surface area contributed by atoms with Crippen LogP contribution in [0, 0.1) is 5.82 Å². The van der Waals surface area contributed by atoms with E-state index in [1.165, 1.54) is 12.1 Å². The fourth-order valence-corrected chi connectivity index (χ4v) is 4.21. The molecule has 0 atom stereocenters. The normalized spacial score (nSPS) is 14.9. The molecule has 3 aromatic carbocycles. The topological polar surface area (TPSA) is 64.6 Å². The fraction of sp³-hybridized carbons (Fsp3) is 0.259. The zero-order valence-electron chi connectivity index (χ0n) is 18.6. The summed E-state index contributed by atoms with van der Waals surface area (Å²) in [5.74, 6) is -0.214. The van der Waals surface area contributed by atoms with Crippen molar-refractivity contribution in [3.05, 3.63) is 100 Å². The predicted octanol–water partition coefficient (Wildman–Crippen LogP) is 4.95. The molecule has 0 saturated carbocycles. The standard InChI is InChI=1S/C27H25ClFNO4/c28-22-8-4-19(5-9-22)26(32)20-6-10-24(11-7-20)34-17-25(31)30-18-27(12-14-33-15-13-27)21-2-1-3-23(29)16-21/h1-11,16H,12-15,17-18H2,(H,30,31). The number of hydrogen-bond donors (Lipinski definition) is 1. The van der Waals surface area contributed by atoms with Crippen molar-refractivity contribution in [1.82, 2.24) is 5.32 Å². The lowest BCUT2D eigenvalue weighted by molar-refractivity contribution is -0.123. The minimum Gasteiger partial charge on any atom is -0.484 e. The molecule has 0 radical (unpaired) electrons. The number of nitrogens with one attached hydrogen (secondary N) is 1. The molecular weight excluding hydrogens is 457 g/mol. The van der Waals surface area contributed by atoms with Gasteiger partial charge in [0.15, 0.2) is 12.4 Å². The molecule has 34 heavy (non-hydrogen) atoms. The number of benzene rings is 3. The molecule has 1 fully saturated rings. The van der Waals surface area contributed by atoms with Crippen molar-refractivity contribution in [2.24, 2.45) is 0 Å². The fourth-order valence-electron chi connectivity index (χ4n) is 4.09. The third-order valence-electron chi connectivity index (χ3n) is 6.10. The number of hydrogen-bond acceptors (Lipinski definition) is 4. The first-order valence-corrected chi connectivity index (χ1v) is 11.5. The third-order valence-corrected chi connectivity index (χ3v) is 6.36. The first kappa shape index (κ1) is 23.9. The summed E-state index contributed by atoms with van der Waals surface area (Å²) in [6, 6.07) is 19.8. The van der Waals surface area contributed by atoms with Crippen LogP contribution in [0.2, 0.25) is 5.02 Å². The van der Waals surface area contributed by atoms with Gasteiger partial charge in [0, 0.05) is 41.3 Å². The van der Waals surface area contributed by atoms with E-state index in [0.29, 0.717) is 54.5 Å². The van der Waals surface area contributed by atoms with Gasteiger partial charge in [0.2, 0.25) is 0 Å². The molecule has 5 nitrogen and oxygen atoms in total. The van der Waals surface area contributed by atoms with Crippen molar-refractivity contribution >= 4 is 23.3 Å². The van der Waals surface area contributed by atoms with Gasteiger partial charge >= 0.3 is 0 Å². The van der Waals surface area contributed by atoms with Crippen LogP contribution >= 0.6 is 11.6 Å². The number of carbonyl (C=O) groups excluding carboxylic acids is 2. The molecular formula is C27H25ClFNO4. The number of carbonyl (C=O) groups is 2. The maximum absolute atomic E-state index is 13.8. The summed E-state index contributed by atoms with van der Waals surface area (Å²) in [6.07, 6.45) is 1.39. The second-order valence-electron chi connectivity index (χ2n) is 8.33. The van der Waals surface area contributed by atoms with Crippen molar-refractivity contribution in [1.29, 1.82) is 0 Å². The first-order valence-electron chi connectivity index (χ1n) is 11.1. The Labute approximate surface area is 202 Å². The summed E-state index contributed by atoms with van der Waals surface area (Å²) in [7, 11) is 0. The summed E-state index contributed by atoms with van der Waals surface area (Å²) < 4.78 is 24.9. The van der Waals surface area contributed by atoms with E-state index in [0.717, 1.165) is 5.56 Å². The highest BCUT2D eigenvalue weighted by molar-refractivity contribution is 6.30. The monoisotopic (exact) mass is 481 g/mol. The number of ether oxygens (including phenoxy) is 2. The van der Waals surface area contributed by atoms with Crippen LogP contribution in [-0.4, -0.2) is 38.1 Å². The van der Waals surface area contributed by atoms with Gasteiger partial charge in [-0.2, -0.15) is 0 Å². The Balaban J connectivity index is 1.32. The quantitative estimate of drug-likeness (QED) is 0.462. The molecule has 4 rings (SSSR count). The Bertz CT molecular complexity index is 1140. The van der Waals surface area contributed by atoms with Crippen molar-refractivity contribution in [3.63, 3.8) is 0 Å². The van der Waals surface area contributed by atoms with Crippen molar-refractivity contribution in [2.45, 2.75) is 18.3 Å². The zero-order chi connectivity index (χ0) is 24.0. The molecule has 1 amide bonds. The molecule has 1 aliphatic rings. The number of rotatable bonds is 8. The van der Waals surface area contributed by atoms with Crippen LogP contribution in [0.3, 0.4) is 0 Å². The van der Waals surface area contributed by atoms with Crippen molar-refractivity contribution < 1.29 is 23.5 Å². The predicted molar refractivity (Wildman–Crippen MR) is 128 cm³/mol. The number of amides is 1. The molecule has 0 aliphatic carbocycles. The Hall–Kier alpha value is -3.22. The molecule has 7 heteroatoms. The van der Waals surface area contributed by atoms with E-state index in [1.807, 2.05) is 6.07 Å². The second kappa shape index (κ2) is 10.8. The second-order valence-corrected chi connectivity index (χ2v) is 8.77. The molecule has 1 saturated heterocycles. The maximum atomic E-state index is 13.8. The summed E-state index contributed by atoms with van der Waals surface area (Å²) in [4.78, 5) is 25.0. The highest BCUT2D eigenvalue weighted by atomic mass is 35.5. The van der Waals surface area contributed by atoms with Crippen molar-refractivity contribution in [3.8, 4) is 5.75 Å². The SMILES string of the molecule is O=C(COc1ccc(C(=O)c2ccc(Cl)cc2)cc1)NCC1(c2cccc(F)c2)CCOCC1. The minimum absolute atomic E-state index is 0.125. The maximum Gasteiger partial charge on any atom is 0.257 e. The lowest BCUT2D eigenvalue weighted by Gasteiger charge is -2.38. The van der Waals surface area contributed by atoms with Gasteiger partial charge in [-0.15, -0.1) is 0 Å². The van der Waals surface area contributed by atoms with Gasteiger partial charge in [-0.1, -0.05) is 23.7 Å². The lowest BCUT2D eigenvalue weighted by atomic mass is 9.74. The molecule has 0 spiro atoms. The smallest absolute Gasteiger partial charge is 0.257 e.